The molecule has 3 N–H and O–H groups in total. The molecule has 0 saturated carbocycles. The van der Waals surface area contributed by atoms with Crippen LogP contribution in [0.15, 0.2) is 12.1 Å². The molecule has 1 atom stereocenters. The van der Waals surface area contributed by atoms with Crippen molar-refractivity contribution in [3.05, 3.63) is 27.8 Å². The first-order valence-electron chi connectivity index (χ1n) is 6.87. The number of carbonyl (C=O) groups excluding carboxylic acids is 1. The van der Waals surface area contributed by atoms with E-state index in [1.807, 2.05) is 0 Å². The Balaban J connectivity index is 3.19. The van der Waals surface area contributed by atoms with Crippen molar-refractivity contribution in [1.29, 1.82) is 0 Å². The van der Waals surface area contributed by atoms with E-state index < -0.39 is 34.6 Å². The number of carboxylic acid groups (broad SMARTS) is 1. The second-order valence-electron chi connectivity index (χ2n) is 4.97. The Hall–Kier alpha value is -2.88. The van der Waals surface area contributed by atoms with Crippen molar-refractivity contribution >= 4 is 17.6 Å². The minimum absolute atomic E-state index is 0.0979. The molecule has 24 heavy (non-hydrogen) atoms. The Morgan fingerprint density at radius 1 is 1.38 bits per heavy atom. The predicted octanol–water partition coefficient (Wildman–Crippen LogP) is 0.567. The van der Waals surface area contributed by atoms with E-state index in [4.69, 9.17) is 14.6 Å². The standard InChI is InChI=1S/C14H18N2O8/c1-4-24-11-6-9(16(21)22)8(5-10(11)23-3)12(17)15-7-14(2,20)13(18)19/h5-6,20H,4,7H2,1-3H3,(H,15,17)(H,18,19). The van der Waals surface area contributed by atoms with E-state index in [1.165, 1.54) is 7.11 Å². The highest BCUT2D eigenvalue weighted by molar-refractivity contribution is 5.99. The van der Waals surface area contributed by atoms with Crippen molar-refractivity contribution in [2.24, 2.45) is 0 Å². The van der Waals surface area contributed by atoms with Crippen molar-refractivity contribution < 1.29 is 34.2 Å². The van der Waals surface area contributed by atoms with Crippen molar-refractivity contribution in [2.45, 2.75) is 19.4 Å². The molecule has 0 aliphatic rings. The third kappa shape index (κ3) is 4.32. The van der Waals surface area contributed by atoms with E-state index in [2.05, 4.69) is 5.32 Å². The normalized spacial score (nSPS) is 12.8. The van der Waals surface area contributed by atoms with Crippen LogP contribution in [0, 0.1) is 10.1 Å². The number of ether oxygens (including phenoxy) is 2. The summed E-state index contributed by atoms with van der Waals surface area (Å²) in [5, 5.41) is 31.7. The van der Waals surface area contributed by atoms with Gasteiger partial charge in [-0.3, -0.25) is 14.9 Å². The molecule has 132 valence electrons. The molecular formula is C14H18N2O8. The van der Waals surface area contributed by atoms with Gasteiger partial charge in [0.25, 0.3) is 11.6 Å². The first-order valence-corrected chi connectivity index (χ1v) is 6.87. The highest BCUT2D eigenvalue weighted by Crippen LogP contribution is 2.34. The summed E-state index contributed by atoms with van der Waals surface area (Å²) in [6, 6.07) is 2.17. The summed E-state index contributed by atoms with van der Waals surface area (Å²) in [6.45, 7) is 2.27. The largest absolute Gasteiger partial charge is 0.493 e. The van der Waals surface area contributed by atoms with Gasteiger partial charge in [-0.1, -0.05) is 0 Å². The average molecular weight is 342 g/mol. The van der Waals surface area contributed by atoms with Crippen molar-refractivity contribution in [1.82, 2.24) is 5.32 Å². The first kappa shape index (κ1) is 19.2. The lowest BCUT2D eigenvalue weighted by Crippen LogP contribution is -2.46. The number of rotatable bonds is 8. The van der Waals surface area contributed by atoms with Gasteiger partial charge < -0.3 is 25.0 Å². The van der Waals surface area contributed by atoms with Gasteiger partial charge in [-0.05, 0) is 13.8 Å². The van der Waals surface area contributed by atoms with Crippen LogP contribution in [-0.4, -0.2) is 52.9 Å². The first-order chi connectivity index (χ1) is 11.1. The van der Waals surface area contributed by atoms with E-state index in [9.17, 15) is 24.8 Å². The third-order valence-corrected chi connectivity index (χ3v) is 3.08. The molecule has 0 aromatic heterocycles. The maximum Gasteiger partial charge on any atom is 0.337 e. The maximum atomic E-state index is 12.2. The van der Waals surface area contributed by atoms with Gasteiger partial charge in [-0.15, -0.1) is 0 Å². The van der Waals surface area contributed by atoms with Crippen LogP contribution in [0.5, 0.6) is 11.5 Å². The number of aliphatic carboxylic acids is 1. The van der Waals surface area contributed by atoms with Gasteiger partial charge in [-0.25, -0.2) is 4.79 Å². The second kappa shape index (κ2) is 7.59. The molecule has 0 fully saturated rings. The van der Waals surface area contributed by atoms with Crippen LogP contribution >= 0.6 is 0 Å². The minimum atomic E-state index is -2.21. The van der Waals surface area contributed by atoms with Crippen LogP contribution in [0.2, 0.25) is 0 Å². The summed E-state index contributed by atoms with van der Waals surface area (Å²) >= 11 is 0. The zero-order valence-corrected chi connectivity index (χ0v) is 13.4. The van der Waals surface area contributed by atoms with Gasteiger partial charge in [-0.2, -0.15) is 0 Å². The van der Waals surface area contributed by atoms with E-state index >= 15 is 0 Å². The minimum Gasteiger partial charge on any atom is -0.493 e. The molecule has 1 unspecified atom stereocenters. The maximum absolute atomic E-state index is 12.2. The molecule has 1 amide bonds. The second-order valence-corrected chi connectivity index (χ2v) is 4.97. The summed E-state index contributed by atoms with van der Waals surface area (Å²) in [7, 11) is 1.31. The molecule has 10 nitrogen and oxygen atoms in total. The number of nitro benzene ring substituents is 1. The van der Waals surface area contributed by atoms with Crippen LogP contribution in [0.4, 0.5) is 5.69 Å². The number of aliphatic hydroxyl groups is 1. The Labute approximate surface area is 137 Å². The lowest BCUT2D eigenvalue weighted by atomic mass is 10.1. The molecule has 10 heteroatoms. The third-order valence-electron chi connectivity index (χ3n) is 3.08. The fourth-order valence-electron chi connectivity index (χ4n) is 1.73. The SMILES string of the molecule is CCOc1cc([N+](=O)[O-])c(C(=O)NCC(C)(O)C(=O)O)cc1OC. The lowest BCUT2D eigenvalue weighted by Gasteiger charge is -2.18. The van der Waals surface area contributed by atoms with Gasteiger partial charge >= 0.3 is 5.97 Å². The van der Waals surface area contributed by atoms with Crippen molar-refractivity contribution in [3.63, 3.8) is 0 Å². The number of benzene rings is 1. The fourth-order valence-corrected chi connectivity index (χ4v) is 1.73. The van der Waals surface area contributed by atoms with Crippen LogP contribution in [-0.2, 0) is 4.79 Å². The highest BCUT2D eigenvalue weighted by atomic mass is 16.6. The molecule has 0 radical (unpaired) electrons. The number of nitrogens with zero attached hydrogens (tertiary/aromatic N) is 1. The van der Waals surface area contributed by atoms with E-state index in [-0.39, 0.29) is 23.7 Å². The number of carboxylic acids is 1. The van der Waals surface area contributed by atoms with E-state index in [0.717, 1.165) is 19.1 Å². The van der Waals surface area contributed by atoms with Crippen LogP contribution < -0.4 is 14.8 Å². The zero-order chi connectivity index (χ0) is 18.5. The van der Waals surface area contributed by atoms with Gasteiger partial charge in [0.15, 0.2) is 17.1 Å². The van der Waals surface area contributed by atoms with Gasteiger partial charge in [0.1, 0.15) is 5.56 Å². The summed E-state index contributed by atoms with van der Waals surface area (Å²) < 4.78 is 10.3. The summed E-state index contributed by atoms with van der Waals surface area (Å²) in [5.74, 6) is -2.26. The molecule has 0 aliphatic heterocycles. The summed E-state index contributed by atoms with van der Waals surface area (Å²) in [4.78, 5) is 33.4. The Morgan fingerprint density at radius 2 is 2.00 bits per heavy atom. The number of nitro groups is 1. The molecular weight excluding hydrogens is 324 g/mol. The predicted molar refractivity (Wildman–Crippen MR) is 81.4 cm³/mol. The van der Waals surface area contributed by atoms with E-state index in [0.29, 0.717) is 0 Å². The van der Waals surface area contributed by atoms with Gasteiger partial charge in [0.05, 0.1) is 31.3 Å². The average Bonchev–Trinajstić information content (AvgIpc) is 2.52. The Kier molecular flexibility index (Phi) is 6.07. The molecule has 1 aromatic carbocycles. The zero-order valence-electron chi connectivity index (χ0n) is 13.4. The smallest absolute Gasteiger partial charge is 0.337 e. The molecule has 0 aliphatic carbocycles. The molecule has 0 heterocycles. The topological polar surface area (TPSA) is 148 Å². The molecule has 0 bridgehead atoms. The van der Waals surface area contributed by atoms with Crippen LogP contribution in [0.25, 0.3) is 0 Å². The van der Waals surface area contributed by atoms with Crippen LogP contribution in [0.1, 0.15) is 24.2 Å². The molecule has 0 spiro atoms. The molecule has 1 rings (SSSR count). The number of hydrogen-bond donors (Lipinski definition) is 3. The quantitative estimate of drug-likeness (QED) is 0.458. The number of methoxy groups -OCH3 is 1. The van der Waals surface area contributed by atoms with Gasteiger partial charge in [0.2, 0.25) is 0 Å². The fraction of sp³-hybridized carbons (Fsp3) is 0.429. The summed E-state index contributed by atoms with van der Waals surface area (Å²) in [5.41, 5.74) is -3.09. The monoisotopic (exact) mass is 342 g/mol. The number of amides is 1. The van der Waals surface area contributed by atoms with Gasteiger partial charge in [0, 0.05) is 6.07 Å². The number of nitrogens with one attached hydrogen (secondary N) is 1. The van der Waals surface area contributed by atoms with Crippen LogP contribution in [0.3, 0.4) is 0 Å². The lowest BCUT2D eigenvalue weighted by molar-refractivity contribution is -0.385. The summed E-state index contributed by atoms with van der Waals surface area (Å²) in [6.07, 6.45) is 0. The highest BCUT2D eigenvalue weighted by Gasteiger charge is 2.32. The number of carbonyl (C=O) groups is 2. The molecule has 1 aromatic rings. The van der Waals surface area contributed by atoms with E-state index in [1.54, 1.807) is 6.92 Å². The Bertz CT molecular complexity index is 656. The van der Waals surface area contributed by atoms with Crippen molar-refractivity contribution in [3.8, 4) is 11.5 Å². The Morgan fingerprint density at radius 3 is 2.46 bits per heavy atom. The molecule has 0 saturated heterocycles. The number of hydrogen-bond acceptors (Lipinski definition) is 7. The van der Waals surface area contributed by atoms with Crippen molar-refractivity contribution in [2.75, 3.05) is 20.3 Å².